The Balaban J connectivity index is 2.85. The topological polar surface area (TPSA) is 52.5 Å². The van der Waals surface area contributed by atoms with E-state index >= 15 is 0 Å². The van der Waals surface area contributed by atoms with E-state index < -0.39 is 0 Å². The minimum atomic E-state index is 0.0784. The molecule has 3 nitrogen and oxygen atoms in total. The Hall–Kier alpha value is -0.580. The van der Waals surface area contributed by atoms with E-state index in [-0.39, 0.29) is 18.4 Å². The summed E-state index contributed by atoms with van der Waals surface area (Å²) in [4.78, 5) is 0. The van der Waals surface area contributed by atoms with Gasteiger partial charge in [0.15, 0.2) is 0 Å². The number of rotatable bonds is 5. The summed E-state index contributed by atoms with van der Waals surface area (Å²) < 4.78 is 0.944. The summed E-state index contributed by atoms with van der Waals surface area (Å²) in [5.41, 5.74) is 0.861. The van der Waals surface area contributed by atoms with Crippen LogP contribution in [0.4, 0.5) is 0 Å². The number of nitrogens with one attached hydrogen (secondary N) is 1. The van der Waals surface area contributed by atoms with Crippen molar-refractivity contribution in [1.29, 1.82) is 0 Å². The monoisotopic (exact) mass is 273 g/mol. The van der Waals surface area contributed by atoms with Gasteiger partial charge in [0.2, 0.25) is 0 Å². The lowest BCUT2D eigenvalue weighted by molar-refractivity contribution is 0.282. The largest absolute Gasteiger partial charge is 0.508 e. The molecule has 0 bridgehead atoms. The molecule has 0 fully saturated rings. The zero-order valence-electron chi connectivity index (χ0n) is 8.70. The van der Waals surface area contributed by atoms with E-state index in [0.29, 0.717) is 6.54 Å². The van der Waals surface area contributed by atoms with Crippen LogP contribution in [0.25, 0.3) is 0 Å². The van der Waals surface area contributed by atoms with Crippen LogP contribution in [0.2, 0.25) is 0 Å². The van der Waals surface area contributed by atoms with E-state index in [4.69, 9.17) is 5.11 Å². The molecule has 15 heavy (non-hydrogen) atoms. The Morgan fingerprint density at radius 1 is 1.47 bits per heavy atom. The van der Waals surface area contributed by atoms with Gasteiger partial charge >= 0.3 is 0 Å². The lowest BCUT2D eigenvalue weighted by atomic mass is 10.0. The second kappa shape index (κ2) is 6.10. The number of aliphatic hydroxyl groups is 1. The molecule has 1 rings (SSSR count). The van der Waals surface area contributed by atoms with Crippen molar-refractivity contribution in [2.45, 2.75) is 19.4 Å². The van der Waals surface area contributed by atoms with Gasteiger partial charge in [0.1, 0.15) is 5.75 Å². The SMILES string of the molecule is CC[C@H](NCCO)c1cc(Br)ccc1O. The predicted octanol–water partition coefficient (Wildman–Crippen LogP) is 2.19. The smallest absolute Gasteiger partial charge is 0.120 e. The van der Waals surface area contributed by atoms with Crippen LogP contribution in [-0.2, 0) is 0 Å². The number of aromatic hydroxyl groups is 1. The molecule has 0 unspecified atom stereocenters. The third-order valence-corrected chi connectivity index (χ3v) is 2.77. The standard InChI is InChI=1S/C11H16BrNO2/c1-2-10(13-5-6-14)9-7-8(12)3-4-11(9)15/h3-4,7,10,13-15H,2,5-6H2,1H3/t10-/m0/s1. The van der Waals surface area contributed by atoms with Crippen LogP contribution in [0.1, 0.15) is 24.9 Å². The summed E-state index contributed by atoms with van der Waals surface area (Å²) in [5.74, 6) is 0.287. The maximum atomic E-state index is 9.71. The number of phenolic OH excluding ortho intramolecular Hbond substituents is 1. The van der Waals surface area contributed by atoms with Crippen molar-refractivity contribution < 1.29 is 10.2 Å². The van der Waals surface area contributed by atoms with Gasteiger partial charge in [-0.3, -0.25) is 0 Å². The van der Waals surface area contributed by atoms with Gasteiger partial charge in [-0.1, -0.05) is 22.9 Å². The zero-order valence-corrected chi connectivity index (χ0v) is 10.3. The molecule has 3 N–H and O–H groups in total. The lowest BCUT2D eigenvalue weighted by Crippen LogP contribution is -2.24. The number of hydrogen-bond donors (Lipinski definition) is 3. The van der Waals surface area contributed by atoms with Crippen LogP contribution in [0.3, 0.4) is 0 Å². The second-order valence-electron chi connectivity index (χ2n) is 3.34. The summed E-state index contributed by atoms with van der Waals surface area (Å²) in [6.45, 7) is 2.67. The highest BCUT2D eigenvalue weighted by Gasteiger charge is 2.12. The highest BCUT2D eigenvalue weighted by atomic mass is 79.9. The summed E-state index contributed by atoms with van der Waals surface area (Å²) in [6.07, 6.45) is 0.865. The predicted molar refractivity (Wildman–Crippen MR) is 63.9 cm³/mol. The molecule has 0 aliphatic carbocycles. The highest BCUT2D eigenvalue weighted by molar-refractivity contribution is 9.10. The molecule has 0 aliphatic heterocycles. The molecular formula is C11H16BrNO2. The Kier molecular flexibility index (Phi) is 5.08. The van der Waals surface area contributed by atoms with Crippen LogP contribution >= 0.6 is 15.9 Å². The van der Waals surface area contributed by atoms with E-state index in [9.17, 15) is 5.11 Å². The van der Waals surface area contributed by atoms with Gasteiger partial charge in [-0.15, -0.1) is 0 Å². The van der Waals surface area contributed by atoms with E-state index in [1.54, 1.807) is 12.1 Å². The lowest BCUT2D eigenvalue weighted by Gasteiger charge is -2.18. The van der Waals surface area contributed by atoms with Crippen molar-refractivity contribution in [1.82, 2.24) is 5.32 Å². The van der Waals surface area contributed by atoms with Gasteiger partial charge in [0.25, 0.3) is 0 Å². The van der Waals surface area contributed by atoms with Crippen molar-refractivity contribution in [3.63, 3.8) is 0 Å². The van der Waals surface area contributed by atoms with E-state index in [0.717, 1.165) is 16.5 Å². The first-order chi connectivity index (χ1) is 7.19. The van der Waals surface area contributed by atoms with E-state index in [1.165, 1.54) is 0 Å². The molecular weight excluding hydrogens is 258 g/mol. The molecule has 0 saturated carbocycles. The first-order valence-electron chi connectivity index (χ1n) is 5.01. The molecule has 4 heteroatoms. The third-order valence-electron chi connectivity index (χ3n) is 2.28. The Morgan fingerprint density at radius 2 is 2.20 bits per heavy atom. The van der Waals surface area contributed by atoms with Crippen LogP contribution in [0, 0.1) is 0 Å². The van der Waals surface area contributed by atoms with Gasteiger partial charge in [0, 0.05) is 22.6 Å². The molecule has 0 saturated heterocycles. The van der Waals surface area contributed by atoms with Crippen LogP contribution in [0.15, 0.2) is 22.7 Å². The molecule has 0 radical (unpaired) electrons. The van der Waals surface area contributed by atoms with Gasteiger partial charge in [0.05, 0.1) is 6.61 Å². The Labute approximate surface area is 98.3 Å². The normalized spacial score (nSPS) is 12.7. The zero-order chi connectivity index (χ0) is 11.3. The molecule has 1 aromatic carbocycles. The van der Waals surface area contributed by atoms with Gasteiger partial charge < -0.3 is 15.5 Å². The van der Waals surface area contributed by atoms with Crippen LogP contribution < -0.4 is 5.32 Å². The maximum absolute atomic E-state index is 9.71. The minimum absolute atomic E-state index is 0.0784. The van der Waals surface area contributed by atoms with Gasteiger partial charge in [-0.25, -0.2) is 0 Å². The third kappa shape index (κ3) is 3.48. The highest BCUT2D eigenvalue weighted by Crippen LogP contribution is 2.29. The summed E-state index contributed by atoms with van der Waals surface area (Å²) in [7, 11) is 0. The molecule has 84 valence electrons. The fourth-order valence-electron chi connectivity index (χ4n) is 1.52. The molecule has 0 heterocycles. The first kappa shape index (κ1) is 12.5. The summed E-state index contributed by atoms with van der Waals surface area (Å²) in [5, 5.41) is 21.6. The fourth-order valence-corrected chi connectivity index (χ4v) is 1.90. The Morgan fingerprint density at radius 3 is 2.80 bits per heavy atom. The number of halogens is 1. The van der Waals surface area contributed by atoms with Crippen molar-refractivity contribution in [3.8, 4) is 5.75 Å². The molecule has 0 amide bonds. The minimum Gasteiger partial charge on any atom is -0.508 e. The van der Waals surface area contributed by atoms with Crippen LogP contribution in [0.5, 0.6) is 5.75 Å². The molecule has 0 aliphatic rings. The average Bonchev–Trinajstić information content (AvgIpc) is 2.24. The summed E-state index contributed by atoms with van der Waals surface area (Å²) >= 11 is 3.37. The summed E-state index contributed by atoms with van der Waals surface area (Å²) in [6, 6.07) is 5.45. The fraction of sp³-hybridized carbons (Fsp3) is 0.455. The average molecular weight is 274 g/mol. The van der Waals surface area contributed by atoms with Gasteiger partial charge in [-0.2, -0.15) is 0 Å². The number of aliphatic hydroxyl groups excluding tert-OH is 1. The number of phenols is 1. The van der Waals surface area contributed by atoms with Crippen LogP contribution in [-0.4, -0.2) is 23.4 Å². The first-order valence-corrected chi connectivity index (χ1v) is 5.81. The van der Waals surface area contributed by atoms with Crippen molar-refractivity contribution in [2.75, 3.05) is 13.2 Å². The van der Waals surface area contributed by atoms with Crippen molar-refractivity contribution in [2.24, 2.45) is 0 Å². The Bertz CT molecular complexity index is 317. The molecule has 0 spiro atoms. The van der Waals surface area contributed by atoms with Crippen molar-refractivity contribution in [3.05, 3.63) is 28.2 Å². The maximum Gasteiger partial charge on any atom is 0.120 e. The van der Waals surface area contributed by atoms with Crippen molar-refractivity contribution >= 4 is 15.9 Å². The number of hydrogen-bond acceptors (Lipinski definition) is 3. The van der Waals surface area contributed by atoms with Gasteiger partial charge in [-0.05, 0) is 24.6 Å². The molecule has 1 aromatic rings. The number of benzene rings is 1. The molecule has 0 aromatic heterocycles. The molecule has 1 atom stereocenters. The van der Waals surface area contributed by atoms with E-state index in [2.05, 4.69) is 21.2 Å². The quantitative estimate of drug-likeness (QED) is 0.771. The second-order valence-corrected chi connectivity index (χ2v) is 4.26. The van der Waals surface area contributed by atoms with E-state index in [1.807, 2.05) is 13.0 Å².